The van der Waals surface area contributed by atoms with Crippen LogP contribution in [0.25, 0.3) is 0 Å². The molecule has 0 aliphatic carbocycles. The summed E-state index contributed by atoms with van der Waals surface area (Å²) in [6.45, 7) is 3.39. The summed E-state index contributed by atoms with van der Waals surface area (Å²) >= 11 is 0. The first-order chi connectivity index (χ1) is 6.93. The minimum Gasteiger partial charge on any atom is -0.428 e. The molecular weight excluding hydrogens is 204 g/mol. The van der Waals surface area contributed by atoms with E-state index in [9.17, 15) is 0 Å². The first-order valence-electron chi connectivity index (χ1n) is 6.51. The highest BCUT2D eigenvalue weighted by Gasteiger charge is 2.15. The van der Waals surface area contributed by atoms with Gasteiger partial charge in [-0.1, -0.05) is 57.5 Å². The van der Waals surface area contributed by atoms with Crippen LogP contribution >= 0.6 is 0 Å². The number of hydrogen-bond acceptors (Lipinski definition) is 1. The third-order valence-corrected chi connectivity index (χ3v) is 11.2. The fourth-order valence-electron chi connectivity index (χ4n) is 2.25. The molecule has 1 fully saturated rings. The molecule has 1 aliphatic rings. The van der Waals surface area contributed by atoms with Gasteiger partial charge in [-0.3, -0.25) is 0 Å². The first-order valence-corrected chi connectivity index (χ1v) is 12.0. The van der Waals surface area contributed by atoms with Gasteiger partial charge in [0, 0.05) is 6.61 Å². The van der Waals surface area contributed by atoms with Gasteiger partial charge in [0.2, 0.25) is 0 Å². The predicted molar refractivity (Wildman–Crippen MR) is 69.3 cm³/mol. The molecule has 0 N–H and O–H groups in total. The van der Waals surface area contributed by atoms with Crippen LogP contribution in [0.5, 0.6) is 0 Å². The highest BCUT2D eigenvalue weighted by atomic mass is 29.2. The molecule has 84 valence electrons. The summed E-state index contributed by atoms with van der Waals surface area (Å²) in [5.74, 6) is 0. The summed E-state index contributed by atoms with van der Waals surface area (Å²) < 4.78 is 5.68. The SMILES string of the molecule is CCCCCCCC[SiH]1CCCO[SiH2]1. The number of rotatable bonds is 7. The zero-order chi connectivity index (χ0) is 10.1. The van der Waals surface area contributed by atoms with Crippen LogP contribution in [0, 0.1) is 0 Å². The van der Waals surface area contributed by atoms with E-state index in [1.165, 1.54) is 44.9 Å². The van der Waals surface area contributed by atoms with Crippen molar-refractivity contribution >= 4 is 17.6 Å². The van der Waals surface area contributed by atoms with E-state index in [4.69, 9.17) is 4.43 Å². The number of unbranched alkanes of at least 4 members (excludes halogenated alkanes) is 5. The molecule has 0 saturated carbocycles. The Morgan fingerprint density at radius 2 is 1.93 bits per heavy atom. The quantitative estimate of drug-likeness (QED) is 0.482. The van der Waals surface area contributed by atoms with Gasteiger partial charge in [0.05, 0.1) is 8.31 Å². The van der Waals surface area contributed by atoms with Crippen LogP contribution in [0.3, 0.4) is 0 Å². The third-order valence-electron chi connectivity index (χ3n) is 3.22. The zero-order valence-electron chi connectivity index (χ0n) is 9.76. The van der Waals surface area contributed by atoms with E-state index >= 15 is 0 Å². The van der Waals surface area contributed by atoms with E-state index in [0.29, 0.717) is 0 Å². The fraction of sp³-hybridized carbons (Fsp3) is 1.00. The normalized spacial score (nSPS) is 24.2. The molecule has 0 amide bonds. The molecule has 1 saturated heterocycles. The Kier molecular flexibility index (Phi) is 7.73. The second-order valence-corrected chi connectivity index (χ2v) is 12.7. The summed E-state index contributed by atoms with van der Waals surface area (Å²) in [7, 11) is -0.251. The number of hydrogen-bond donors (Lipinski definition) is 0. The second-order valence-electron chi connectivity index (χ2n) is 4.64. The van der Waals surface area contributed by atoms with Crippen molar-refractivity contribution in [2.45, 2.75) is 64.0 Å². The van der Waals surface area contributed by atoms with Gasteiger partial charge in [-0.15, -0.1) is 0 Å². The van der Waals surface area contributed by atoms with Gasteiger partial charge in [-0.2, -0.15) is 0 Å². The van der Waals surface area contributed by atoms with Gasteiger partial charge in [-0.25, -0.2) is 0 Å². The summed E-state index contributed by atoms with van der Waals surface area (Å²) in [5.41, 5.74) is 0. The van der Waals surface area contributed by atoms with E-state index in [1.807, 2.05) is 0 Å². The maximum Gasteiger partial charge on any atom is 0.147 e. The molecule has 1 rings (SSSR count). The average Bonchev–Trinajstić information content (AvgIpc) is 2.25. The van der Waals surface area contributed by atoms with Crippen LogP contribution in [0.1, 0.15) is 51.9 Å². The summed E-state index contributed by atoms with van der Waals surface area (Å²) in [6.07, 6.45) is 10.2. The Morgan fingerprint density at radius 3 is 2.64 bits per heavy atom. The topological polar surface area (TPSA) is 9.23 Å². The van der Waals surface area contributed by atoms with Crippen molar-refractivity contribution in [1.82, 2.24) is 0 Å². The summed E-state index contributed by atoms with van der Waals surface area (Å²) in [6, 6.07) is 3.22. The standard InChI is InChI=1S/C11H26OSi2/c1-2-3-4-5-6-7-10-14-11-8-9-12-13-14/h14H,2-11,13H2,1H3. The second kappa shape index (κ2) is 8.68. The molecule has 0 aromatic heterocycles. The van der Waals surface area contributed by atoms with E-state index in [1.54, 1.807) is 12.1 Å². The highest BCUT2D eigenvalue weighted by molar-refractivity contribution is 7.10. The van der Waals surface area contributed by atoms with Crippen LogP contribution in [-0.4, -0.2) is 24.2 Å². The average molecular weight is 230 g/mol. The molecule has 1 unspecified atom stereocenters. The Hall–Kier alpha value is 0.394. The Labute approximate surface area is 93.0 Å². The van der Waals surface area contributed by atoms with Crippen LogP contribution < -0.4 is 0 Å². The fourth-order valence-corrected chi connectivity index (χ4v) is 9.42. The van der Waals surface area contributed by atoms with Crippen molar-refractivity contribution in [2.24, 2.45) is 0 Å². The predicted octanol–water partition coefficient (Wildman–Crippen LogP) is 2.57. The largest absolute Gasteiger partial charge is 0.428 e. The lowest BCUT2D eigenvalue weighted by Gasteiger charge is -2.19. The lowest BCUT2D eigenvalue weighted by Crippen LogP contribution is -2.29. The zero-order valence-corrected chi connectivity index (χ0v) is 12.3. The van der Waals surface area contributed by atoms with Crippen LogP contribution in [0.2, 0.25) is 12.1 Å². The Morgan fingerprint density at radius 1 is 1.14 bits per heavy atom. The molecule has 1 heterocycles. The van der Waals surface area contributed by atoms with Gasteiger partial charge in [0.15, 0.2) is 0 Å². The molecule has 1 atom stereocenters. The molecule has 0 radical (unpaired) electrons. The molecule has 14 heavy (non-hydrogen) atoms. The molecule has 0 spiro atoms. The van der Waals surface area contributed by atoms with Gasteiger partial charge in [-0.05, 0) is 6.42 Å². The monoisotopic (exact) mass is 230 g/mol. The van der Waals surface area contributed by atoms with Crippen molar-refractivity contribution in [1.29, 1.82) is 0 Å². The maximum absolute atomic E-state index is 5.68. The third kappa shape index (κ3) is 5.99. The first kappa shape index (κ1) is 12.5. The molecule has 1 nitrogen and oxygen atoms in total. The highest BCUT2D eigenvalue weighted by Crippen LogP contribution is 2.14. The molecule has 1 aliphatic heterocycles. The van der Waals surface area contributed by atoms with Crippen LogP contribution in [0.15, 0.2) is 0 Å². The molecule has 0 aromatic carbocycles. The van der Waals surface area contributed by atoms with Crippen molar-refractivity contribution < 1.29 is 4.43 Å². The van der Waals surface area contributed by atoms with Crippen molar-refractivity contribution in [2.75, 3.05) is 6.61 Å². The summed E-state index contributed by atoms with van der Waals surface area (Å²) in [5, 5.41) is 0. The van der Waals surface area contributed by atoms with E-state index in [2.05, 4.69) is 6.92 Å². The van der Waals surface area contributed by atoms with Crippen molar-refractivity contribution in [3.8, 4) is 0 Å². The Bertz CT molecular complexity index is 124. The minimum atomic E-state index is -0.268. The minimum absolute atomic E-state index is 0.0175. The van der Waals surface area contributed by atoms with Crippen LogP contribution in [0.4, 0.5) is 0 Å². The molecular formula is C11H26OSi2. The summed E-state index contributed by atoms with van der Waals surface area (Å²) in [4.78, 5) is 0. The van der Waals surface area contributed by atoms with Gasteiger partial charge >= 0.3 is 0 Å². The maximum atomic E-state index is 5.68. The van der Waals surface area contributed by atoms with Crippen LogP contribution in [-0.2, 0) is 4.43 Å². The lowest BCUT2D eigenvalue weighted by atomic mass is 10.1. The molecule has 3 heteroatoms. The lowest BCUT2D eigenvalue weighted by molar-refractivity contribution is 0.335. The Balaban J connectivity index is 1.82. The van der Waals surface area contributed by atoms with Gasteiger partial charge in [0.1, 0.15) is 9.28 Å². The van der Waals surface area contributed by atoms with Crippen molar-refractivity contribution in [3.05, 3.63) is 0 Å². The van der Waals surface area contributed by atoms with Gasteiger partial charge in [0.25, 0.3) is 0 Å². The van der Waals surface area contributed by atoms with Crippen molar-refractivity contribution in [3.63, 3.8) is 0 Å². The van der Waals surface area contributed by atoms with Gasteiger partial charge < -0.3 is 4.43 Å². The van der Waals surface area contributed by atoms with E-state index in [0.717, 1.165) is 6.61 Å². The molecule has 0 aromatic rings. The van der Waals surface area contributed by atoms with E-state index < -0.39 is 0 Å². The van der Waals surface area contributed by atoms with E-state index in [-0.39, 0.29) is 17.6 Å². The molecule has 0 bridgehead atoms. The smallest absolute Gasteiger partial charge is 0.147 e.